The van der Waals surface area contributed by atoms with Crippen LogP contribution in [0.5, 0.6) is 0 Å². The zero-order valence-electron chi connectivity index (χ0n) is 14.7. The first-order chi connectivity index (χ1) is 12.7. The van der Waals surface area contributed by atoms with Gasteiger partial charge in [-0.15, -0.1) is 11.3 Å². The van der Waals surface area contributed by atoms with E-state index in [2.05, 4.69) is 5.32 Å². The minimum atomic E-state index is -1.38. The van der Waals surface area contributed by atoms with E-state index in [9.17, 15) is 18.7 Å². The zero-order valence-corrected chi connectivity index (χ0v) is 15.5. The fourth-order valence-electron chi connectivity index (χ4n) is 2.60. The van der Waals surface area contributed by atoms with Gasteiger partial charge in [-0.3, -0.25) is 4.79 Å². The lowest BCUT2D eigenvalue weighted by molar-refractivity contribution is 0.0778. The zero-order chi connectivity index (χ0) is 19.8. The molecule has 0 radical (unpaired) electrons. The maximum atomic E-state index is 14.6. The molecule has 0 aliphatic heterocycles. The first-order valence-electron chi connectivity index (χ1n) is 8.15. The summed E-state index contributed by atoms with van der Waals surface area (Å²) in [7, 11) is 0. The van der Waals surface area contributed by atoms with Crippen LogP contribution in [0.1, 0.15) is 29.8 Å². The normalized spacial score (nSPS) is 11.4. The van der Waals surface area contributed by atoms with Crippen molar-refractivity contribution in [2.24, 2.45) is 5.73 Å². The Balaban J connectivity index is 2.08. The molecule has 2 aromatic carbocycles. The molecule has 3 rings (SSSR count). The van der Waals surface area contributed by atoms with Gasteiger partial charge < -0.3 is 16.2 Å². The van der Waals surface area contributed by atoms with Crippen LogP contribution < -0.4 is 11.1 Å². The number of para-hydroxylation sites is 1. The first-order valence-corrected chi connectivity index (χ1v) is 8.96. The number of hydrogen-bond donors (Lipinski definition) is 3. The Morgan fingerprint density at radius 1 is 1.11 bits per heavy atom. The molecule has 0 atom stereocenters. The van der Waals surface area contributed by atoms with Crippen LogP contribution in [0.2, 0.25) is 0 Å². The standard InChI is InChI=1S/C20H18F2N2O2S/c1-20(2,26)11-8-14(21)17(15(22)9-11)16-10-13(18(23)25)19(27-16)24-12-6-4-3-5-7-12/h3-10,24,26H,1-2H3,(H2,23,25). The Bertz CT molecular complexity index is 972. The highest BCUT2D eigenvalue weighted by molar-refractivity contribution is 7.20. The molecule has 3 aromatic rings. The van der Waals surface area contributed by atoms with Gasteiger partial charge in [-0.05, 0) is 49.7 Å². The summed E-state index contributed by atoms with van der Waals surface area (Å²) >= 11 is 1.02. The lowest BCUT2D eigenvalue weighted by atomic mass is 9.96. The molecule has 1 amide bonds. The fourth-order valence-corrected chi connectivity index (χ4v) is 3.74. The van der Waals surface area contributed by atoms with Gasteiger partial charge in [-0.1, -0.05) is 18.2 Å². The van der Waals surface area contributed by atoms with E-state index in [0.29, 0.717) is 10.7 Å². The van der Waals surface area contributed by atoms with Crippen molar-refractivity contribution >= 4 is 27.9 Å². The molecule has 27 heavy (non-hydrogen) atoms. The van der Waals surface area contributed by atoms with E-state index in [1.54, 1.807) is 12.1 Å². The highest BCUT2D eigenvalue weighted by Crippen LogP contribution is 2.40. The second kappa shape index (κ2) is 7.09. The van der Waals surface area contributed by atoms with Gasteiger partial charge >= 0.3 is 0 Å². The Morgan fingerprint density at radius 2 is 1.70 bits per heavy atom. The van der Waals surface area contributed by atoms with Crippen molar-refractivity contribution in [3.05, 3.63) is 71.3 Å². The van der Waals surface area contributed by atoms with Crippen molar-refractivity contribution in [2.75, 3.05) is 5.32 Å². The van der Waals surface area contributed by atoms with E-state index in [1.807, 2.05) is 18.2 Å². The summed E-state index contributed by atoms with van der Waals surface area (Å²) in [6.07, 6.45) is 0. The summed E-state index contributed by atoms with van der Waals surface area (Å²) in [5.74, 6) is -2.35. The van der Waals surface area contributed by atoms with Crippen molar-refractivity contribution < 1.29 is 18.7 Å². The average Bonchev–Trinajstić information content (AvgIpc) is 2.98. The molecule has 1 aromatic heterocycles. The highest BCUT2D eigenvalue weighted by Gasteiger charge is 2.24. The molecule has 7 heteroatoms. The van der Waals surface area contributed by atoms with Crippen molar-refractivity contribution in [1.29, 1.82) is 0 Å². The summed E-state index contributed by atoms with van der Waals surface area (Å²) in [5.41, 5.74) is 4.75. The molecule has 0 unspecified atom stereocenters. The maximum Gasteiger partial charge on any atom is 0.251 e. The van der Waals surface area contributed by atoms with Crippen LogP contribution in [0.15, 0.2) is 48.5 Å². The Morgan fingerprint density at radius 3 is 2.22 bits per heavy atom. The number of halogens is 2. The van der Waals surface area contributed by atoms with Crippen molar-refractivity contribution in [2.45, 2.75) is 19.4 Å². The van der Waals surface area contributed by atoms with Crippen LogP contribution in [0, 0.1) is 11.6 Å². The summed E-state index contributed by atoms with van der Waals surface area (Å²) in [5, 5.41) is 13.4. The molecule has 1 heterocycles. The van der Waals surface area contributed by atoms with Crippen LogP contribution in [-0.4, -0.2) is 11.0 Å². The highest BCUT2D eigenvalue weighted by atomic mass is 32.1. The minimum Gasteiger partial charge on any atom is -0.386 e. The Kier molecular flexibility index (Phi) is 4.99. The second-order valence-electron chi connectivity index (χ2n) is 6.58. The van der Waals surface area contributed by atoms with Gasteiger partial charge in [0.05, 0.1) is 16.7 Å². The van der Waals surface area contributed by atoms with Crippen molar-refractivity contribution in [3.8, 4) is 10.4 Å². The fraction of sp³-hybridized carbons (Fsp3) is 0.150. The predicted molar refractivity (Wildman–Crippen MR) is 103 cm³/mol. The number of carbonyl (C=O) groups excluding carboxylic acids is 1. The number of primary amides is 1. The molecular formula is C20H18F2N2O2S. The number of anilines is 2. The van der Waals surface area contributed by atoms with Crippen LogP contribution in [0.25, 0.3) is 10.4 Å². The summed E-state index contributed by atoms with van der Waals surface area (Å²) in [6.45, 7) is 2.89. The molecule has 4 nitrogen and oxygen atoms in total. The lowest BCUT2D eigenvalue weighted by Crippen LogP contribution is -2.16. The van der Waals surface area contributed by atoms with Gasteiger partial charge in [0.1, 0.15) is 16.6 Å². The monoisotopic (exact) mass is 388 g/mol. The molecule has 0 aliphatic rings. The SMILES string of the molecule is CC(C)(O)c1cc(F)c(-c2cc(C(N)=O)c(Nc3ccccc3)s2)c(F)c1. The van der Waals surface area contributed by atoms with E-state index in [4.69, 9.17) is 5.73 Å². The van der Waals surface area contributed by atoms with Gasteiger partial charge in [-0.25, -0.2) is 8.78 Å². The number of thiophene rings is 1. The molecule has 0 saturated carbocycles. The third kappa shape index (κ3) is 3.99. The second-order valence-corrected chi connectivity index (χ2v) is 7.63. The van der Waals surface area contributed by atoms with E-state index >= 15 is 0 Å². The molecule has 4 N–H and O–H groups in total. The number of carbonyl (C=O) groups is 1. The van der Waals surface area contributed by atoms with Crippen LogP contribution in [0.4, 0.5) is 19.5 Å². The van der Waals surface area contributed by atoms with Crippen LogP contribution in [0.3, 0.4) is 0 Å². The van der Waals surface area contributed by atoms with Crippen LogP contribution in [-0.2, 0) is 5.60 Å². The van der Waals surface area contributed by atoms with Gasteiger partial charge in [0.25, 0.3) is 5.91 Å². The maximum absolute atomic E-state index is 14.6. The molecule has 0 spiro atoms. The quantitative estimate of drug-likeness (QED) is 0.590. The van der Waals surface area contributed by atoms with E-state index in [-0.39, 0.29) is 21.6 Å². The summed E-state index contributed by atoms with van der Waals surface area (Å²) in [6, 6.07) is 12.6. The van der Waals surface area contributed by atoms with Crippen molar-refractivity contribution in [3.63, 3.8) is 0 Å². The molecule has 140 valence electrons. The van der Waals surface area contributed by atoms with E-state index in [1.165, 1.54) is 19.9 Å². The summed E-state index contributed by atoms with van der Waals surface area (Å²) < 4.78 is 29.2. The number of aliphatic hydroxyl groups is 1. The number of rotatable bonds is 5. The lowest BCUT2D eigenvalue weighted by Gasteiger charge is -2.18. The topological polar surface area (TPSA) is 75.3 Å². The molecule has 0 saturated heterocycles. The smallest absolute Gasteiger partial charge is 0.251 e. The number of hydrogen-bond acceptors (Lipinski definition) is 4. The number of nitrogens with one attached hydrogen (secondary N) is 1. The van der Waals surface area contributed by atoms with Crippen molar-refractivity contribution in [1.82, 2.24) is 0 Å². The summed E-state index contributed by atoms with van der Waals surface area (Å²) in [4.78, 5) is 12.0. The number of nitrogens with two attached hydrogens (primary N) is 1. The molecule has 0 bridgehead atoms. The first kappa shape index (κ1) is 19.0. The predicted octanol–water partition coefficient (Wildman–Crippen LogP) is 4.76. The van der Waals surface area contributed by atoms with Gasteiger partial charge in [0, 0.05) is 10.6 Å². The Labute approximate surface area is 159 Å². The Hall–Kier alpha value is -2.77. The number of benzene rings is 2. The third-order valence-corrected chi connectivity index (χ3v) is 5.09. The average molecular weight is 388 g/mol. The number of amides is 1. The van der Waals surface area contributed by atoms with Gasteiger partial charge in [0.2, 0.25) is 0 Å². The molecule has 0 aliphatic carbocycles. The van der Waals surface area contributed by atoms with E-state index < -0.39 is 23.1 Å². The largest absolute Gasteiger partial charge is 0.386 e. The van der Waals surface area contributed by atoms with Crippen LogP contribution >= 0.6 is 11.3 Å². The van der Waals surface area contributed by atoms with E-state index in [0.717, 1.165) is 23.5 Å². The molecule has 0 fully saturated rings. The minimum absolute atomic E-state index is 0.121. The van der Waals surface area contributed by atoms with Gasteiger partial charge in [-0.2, -0.15) is 0 Å². The van der Waals surface area contributed by atoms with Gasteiger partial charge in [0.15, 0.2) is 0 Å². The third-order valence-electron chi connectivity index (χ3n) is 4.02. The molecular weight excluding hydrogens is 370 g/mol.